The van der Waals surface area contributed by atoms with Crippen molar-refractivity contribution < 1.29 is 9.53 Å². The van der Waals surface area contributed by atoms with Gasteiger partial charge in [0, 0.05) is 18.2 Å². The van der Waals surface area contributed by atoms with E-state index >= 15 is 0 Å². The second kappa shape index (κ2) is 7.39. The van der Waals surface area contributed by atoms with E-state index in [0.717, 1.165) is 22.5 Å². The average molecular weight is 350 g/mol. The number of hydrogen-bond donors (Lipinski definition) is 1. The quantitative estimate of drug-likeness (QED) is 0.755. The number of ether oxygens (including phenoxy) is 1. The normalized spacial score (nSPS) is 10.8. The first kappa shape index (κ1) is 17.7. The Labute approximate surface area is 152 Å². The number of anilines is 1. The molecule has 26 heavy (non-hydrogen) atoms. The molecule has 0 spiro atoms. The molecule has 0 aliphatic rings. The molecule has 6 nitrogen and oxygen atoms in total. The van der Waals surface area contributed by atoms with Gasteiger partial charge in [-0.3, -0.25) is 4.79 Å². The Hall–Kier alpha value is -3.15. The van der Waals surface area contributed by atoms with E-state index in [-0.39, 0.29) is 12.0 Å². The third-order valence-electron chi connectivity index (χ3n) is 3.75. The van der Waals surface area contributed by atoms with Crippen molar-refractivity contribution in [2.45, 2.75) is 33.8 Å². The fraction of sp³-hybridized carbons (Fsp3) is 0.250. The molecule has 1 amide bonds. The summed E-state index contributed by atoms with van der Waals surface area (Å²) in [5.41, 5.74) is 3.66. The Morgan fingerprint density at radius 1 is 1.12 bits per heavy atom. The number of rotatable bonds is 5. The molecule has 1 aromatic heterocycles. The van der Waals surface area contributed by atoms with Crippen LogP contribution in [0.15, 0.2) is 48.5 Å². The van der Waals surface area contributed by atoms with Crippen molar-refractivity contribution in [3.8, 4) is 23.1 Å². The minimum atomic E-state index is -0.105. The van der Waals surface area contributed by atoms with Crippen LogP contribution in [-0.2, 0) is 4.79 Å². The van der Waals surface area contributed by atoms with Gasteiger partial charge in [-0.05, 0) is 50.6 Å². The molecule has 6 heteroatoms. The van der Waals surface area contributed by atoms with Gasteiger partial charge in [0.15, 0.2) is 5.82 Å². The van der Waals surface area contributed by atoms with Gasteiger partial charge in [-0.25, -0.2) is 4.68 Å². The van der Waals surface area contributed by atoms with Gasteiger partial charge in [-0.1, -0.05) is 24.3 Å². The number of amides is 1. The van der Waals surface area contributed by atoms with Gasteiger partial charge in [-0.2, -0.15) is 4.98 Å². The third-order valence-corrected chi connectivity index (χ3v) is 3.75. The number of carbonyl (C=O) groups is 1. The number of nitrogens with zero attached hydrogens (tertiary/aromatic N) is 3. The van der Waals surface area contributed by atoms with Gasteiger partial charge in [0.1, 0.15) is 0 Å². The Balaban J connectivity index is 2.06. The van der Waals surface area contributed by atoms with Crippen molar-refractivity contribution in [1.82, 2.24) is 14.8 Å². The molecule has 3 aromatic rings. The van der Waals surface area contributed by atoms with Gasteiger partial charge in [0.25, 0.3) is 0 Å². The molecule has 0 saturated carbocycles. The van der Waals surface area contributed by atoms with Crippen LogP contribution in [0.1, 0.15) is 26.3 Å². The van der Waals surface area contributed by atoms with E-state index in [0.29, 0.717) is 11.8 Å². The van der Waals surface area contributed by atoms with Crippen LogP contribution in [0.4, 0.5) is 5.69 Å². The van der Waals surface area contributed by atoms with E-state index < -0.39 is 0 Å². The fourth-order valence-electron chi connectivity index (χ4n) is 2.62. The van der Waals surface area contributed by atoms with Crippen molar-refractivity contribution >= 4 is 11.6 Å². The fourth-order valence-corrected chi connectivity index (χ4v) is 2.62. The minimum Gasteiger partial charge on any atom is -0.460 e. The second-order valence-electron chi connectivity index (χ2n) is 6.34. The molecule has 0 aliphatic heterocycles. The summed E-state index contributed by atoms with van der Waals surface area (Å²) in [5.74, 6) is 0.609. The summed E-state index contributed by atoms with van der Waals surface area (Å²) >= 11 is 0. The monoisotopic (exact) mass is 350 g/mol. The first-order chi connectivity index (χ1) is 12.4. The standard InChI is InChI=1S/C20H22N4O2/c1-13(2)26-20-22-19(18-8-6-5-7-14(18)3)24(23-20)17-11-9-16(10-12-17)21-15(4)25/h5-13H,1-4H3,(H,21,25). The molecule has 134 valence electrons. The molecule has 0 radical (unpaired) electrons. The maximum Gasteiger partial charge on any atom is 0.336 e. The molecule has 0 saturated heterocycles. The molecule has 0 fully saturated rings. The summed E-state index contributed by atoms with van der Waals surface area (Å²) in [6, 6.07) is 15.8. The van der Waals surface area contributed by atoms with Crippen LogP contribution < -0.4 is 10.1 Å². The number of hydrogen-bond acceptors (Lipinski definition) is 4. The van der Waals surface area contributed by atoms with E-state index in [2.05, 4.69) is 15.4 Å². The zero-order valence-corrected chi connectivity index (χ0v) is 15.4. The van der Waals surface area contributed by atoms with Crippen molar-refractivity contribution in [2.75, 3.05) is 5.32 Å². The number of carbonyl (C=O) groups excluding carboxylic acids is 1. The van der Waals surface area contributed by atoms with E-state index in [1.165, 1.54) is 6.92 Å². The molecule has 2 aromatic carbocycles. The summed E-state index contributed by atoms with van der Waals surface area (Å²) in [7, 11) is 0. The molecule has 0 atom stereocenters. The predicted molar refractivity (Wildman–Crippen MR) is 102 cm³/mol. The lowest BCUT2D eigenvalue weighted by atomic mass is 10.1. The maximum absolute atomic E-state index is 11.2. The van der Waals surface area contributed by atoms with Gasteiger partial charge in [0.05, 0.1) is 11.8 Å². The first-order valence-electron chi connectivity index (χ1n) is 8.52. The Kier molecular flexibility index (Phi) is 5.02. The largest absolute Gasteiger partial charge is 0.460 e. The molecule has 0 unspecified atom stereocenters. The molecule has 1 heterocycles. The van der Waals surface area contributed by atoms with Crippen molar-refractivity contribution in [2.24, 2.45) is 0 Å². The molecule has 1 N–H and O–H groups in total. The van der Waals surface area contributed by atoms with Crippen molar-refractivity contribution in [1.29, 1.82) is 0 Å². The molecule has 3 rings (SSSR count). The van der Waals surface area contributed by atoms with Crippen LogP contribution in [0, 0.1) is 6.92 Å². The van der Waals surface area contributed by atoms with E-state index in [1.54, 1.807) is 4.68 Å². The molecular weight excluding hydrogens is 328 g/mol. The highest BCUT2D eigenvalue weighted by Gasteiger charge is 2.17. The average Bonchev–Trinajstić information content (AvgIpc) is 2.98. The van der Waals surface area contributed by atoms with Crippen LogP contribution in [0.25, 0.3) is 17.1 Å². The lowest BCUT2D eigenvalue weighted by molar-refractivity contribution is -0.114. The van der Waals surface area contributed by atoms with Gasteiger partial charge in [0.2, 0.25) is 5.91 Å². The second-order valence-corrected chi connectivity index (χ2v) is 6.34. The zero-order chi connectivity index (χ0) is 18.7. The number of aromatic nitrogens is 3. The Morgan fingerprint density at radius 3 is 2.42 bits per heavy atom. The van der Waals surface area contributed by atoms with Crippen molar-refractivity contribution in [3.63, 3.8) is 0 Å². The minimum absolute atomic E-state index is 0.0160. The van der Waals surface area contributed by atoms with E-state index in [4.69, 9.17) is 4.74 Å². The van der Waals surface area contributed by atoms with E-state index in [9.17, 15) is 4.79 Å². The summed E-state index contributed by atoms with van der Waals surface area (Å²) in [6.45, 7) is 7.40. The summed E-state index contributed by atoms with van der Waals surface area (Å²) in [4.78, 5) is 15.8. The van der Waals surface area contributed by atoms with Gasteiger partial charge in [-0.15, -0.1) is 5.10 Å². The Bertz CT molecular complexity index is 914. The van der Waals surface area contributed by atoms with Crippen LogP contribution in [0.3, 0.4) is 0 Å². The van der Waals surface area contributed by atoms with Gasteiger partial charge >= 0.3 is 6.01 Å². The lowest BCUT2D eigenvalue weighted by Crippen LogP contribution is -2.07. The number of nitrogens with one attached hydrogen (secondary N) is 1. The van der Waals surface area contributed by atoms with Crippen LogP contribution >= 0.6 is 0 Å². The van der Waals surface area contributed by atoms with Crippen molar-refractivity contribution in [3.05, 3.63) is 54.1 Å². The maximum atomic E-state index is 11.2. The molecular formula is C20H22N4O2. The summed E-state index contributed by atoms with van der Waals surface area (Å²) in [6.07, 6.45) is -0.0160. The summed E-state index contributed by atoms with van der Waals surface area (Å²) < 4.78 is 7.46. The zero-order valence-electron chi connectivity index (χ0n) is 15.4. The van der Waals surface area contributed by atoms with Gasteiger partial charge < -0.3 is 10.1 Å². The summed E-state index contributed by atoms with van der Waals surface area (Å²) in [5, 5.41) is 7.29. The number of aryl methyl sites for hydroxylation is 1. The highest BCUT2D eigenvalue weighted by atomic mass is 16.5. The highest BCUT2D eigenvalue weighted by Crippen LogP contribution is 2.27. The lowest BCUT2D eigenvalue weighted by Gasteiger charge is -2.09. The van der Waals surface area contributed by atoms with Crippen LogP contribution in [0.5, 0.6) is 6.01 Å². The predicted octanol–water partition coefficient (Wildman–Crippen LogP) is 3.99. The highest BCUT2D eigenvalue weighted by molar-refractivity contribution is 5.88. The molecule has 0 bridgehead atoms. The topological polar surface area (TPSA) is 69.0 Å². The van der Waals surface area contributed by atoms with Crippen LogP contribution in [-0.4, -0.2) is 26.8 Å². The third kappa shape index (κ3) is 3.91. The Morgan fingerprint density at radius 2 is 1.81 bits per heavy atom. The smallest absolute Gasteiger partial charge is 0.336 e. The van der Waals surface area contributed by atoms with E-state index in [1.807, 2.05) is 69.3 Å². The van der Waals surface area contributed by atoms with Crippen LogP contribution in [0.2, 0.25) is 0 Å². The first-order valence-corrected chi connectivity index (χ1v) is 8.52. The number of benzene rings is 2. The molecule has 0 aliphatic carbocycles. The SMILES string of the molecule is CC(=O)Nc1ccc(-n2nc(OC(C)C)nc2-c2ccccc2C)cc1.